The molecule has 2 heterocycles. The number of hydrogen-bond donors (Lipinski definition) is 2. The summed E-state index contributed by atoms with van der Waals surface area (Å²) in [5.74, 6) is 1.65. The highest BCUT2D eigenvalue weighted by molar-refractivity contribution is 14.0. The van der Waals surface area contributed by atoms with Gasteiger partial charge in [0.25, 0.3) is 5.56 Å². The van der Waals surface area contributed by atoms with Crippen molar-refractivity contribution in [3.8, 4) is 11.5 Å². The van der Waals surface area contributed by atoms with E-state index in [0.29, 0.717) is 31.1 Å². The standard InChI is InChI=1S/C18H22N4O3.HI/c1-2-22-8-3-5-13(17(22)23)12-20-18(19)21-14-6-7-15-16(11-14)25-10-4-9-24-15;/h3,5-8,11H,2,4,9-10,12H2,1H3,(H3,19,20,21);1H. The minimum atomic E-state index is -0.0443. The Hall–Kier alpha value is -2.23. The number of hydrogen-bond acceptors (Lipinski definition) is 4. The number of fused-ring (bicyclic) bond motifs is 1. The number of aromatic nitrogens is 1. The van der Waals surface area contributed by atoms with E-state index in [1.54, 1.807) is 16.8 Å². The second-order valence-electron chi connectivity index (χ2n) is 5.66. The predicted octanol–water partition coefficient (Wildman–Crippen LogP) is 2.57. The summed E-state index contributed by atoms with van der Waals surface area (Å²) in [6, 6.07) is 9.12. The Balaban J connectivity index is 0.00000243. The maximum Gasteiger partial charge on any atom is 0.255 e. The lowest BCUT2D eigenvalue weighted by Crippen LogP contribution is -2.25. The highest BCUT2D eigenvalue weighted by atomic mass is 127. The van der Waals surface area contributed by atoms with Gasteiger partial charge in [0.2, 0.25) is 0 Å². The van der Waals surface area contributed by atoms with Crippen LogP contribution < -0.4 is 26.1 Å². The Morgan fingerprint density at radius 3 is 2.81 bits per heavy atom. The molecule has 1 aliphatic heterocycles. The normalized spacial score (nSPS) is 13.5. The fourth-order valence-electron chi connectivity index (χ4n) is 2.55. The van der Waals surface area contributed by atoms with Gasteiger partial charge >= 0.3 is 0 Å². The van der Waals surface area contributed by atoms with Gasteiger partial charge in [0, 0.05) is 36.5 Å². The van der Waals surface area contributed by atoms with Gasteiger partial charge in [0.15, 0.2) is 17.5 Å². The number of rotatable bonds is 4. The molecule has 3 N–H and O–H groups in total. The summed E-state index contributed by atoms with van der Waals surface area (Å²) in [6.45, 7) is 4.05. The Kier molecular flexibility index (Phi) is 7.31. The number of halogens is 1. The van der Waals surface area contributed by atoms with Crippen molar-refractivity contribution in [1.82, 2.24) is 4.57 Å². The van der Waals surface area contributed by atoms with Crippen LogP contribution in [-0.2, 0) is 13.1 Å². The number of nitrogens with two attached hydrogens (primary N) is 1. The van der Waals surface area contributed by atoms with Gasteiger partial charge in [-0.15, -0.1) is 24.0 Å². The maximum absolute atomic E-state index is 12.2. The molecule has 0 radical (unpaired) electrons. The summed E-state index contributed by atoms with van der Waals surface area (Å²) in [5, 5.41) is 3.01. The lowest BCUT2D eigenvalue weighted by Gasteiger charge is -2.11. The highest BCUT2D eigenvalue weighted by Crippen LogP contribution is 2.32. The van der Waals surface area contributed by atoms with Gasteiger partial charge in [0.05, 0.1) is 19.8 Å². The summed E-state index contributed by atoms with van der Waals surface area (Å²) in [4.78, 5) is 16.4. The molecular formula is C18H23IN4O3. The van der Waals surface area contributed by atoms with Crippen LogP contribution in [0.25, 0.3) is 0 Å². The molecule has 0 saturated carbocycles. The number of benzene rings is 1. The third-order valence-electron chi connectivity index (χ3n) is 3.88. The van der Waals surface area contributed by atoms with Crippen LogP contribution in [0.3, 0.4) is 0 Å². The van der Waals surface area contributed by atoms with Crippen molar-refractivity contribution >= 4 is 35.6 Å². The van der Waals surface area contributed by atoms with E-state index in [1.807, 2.05) is 31.2 Å². The second-order valence-corrected chi connectivity index (χ2v) is 5.66. The number of aliphatic imine (C=N–C) groups is 1. The van der Waals surface area contributed by atoms with E-state index in [-0.39, 0.29) is 42.0 Å². The van der Waals surface area contributed by atoms with E-state index in [9.17, 15) is 4.79 Å². The Morgan fingerprint density at radius 2 is 2.04 bits per heavy atom. The van der Waals surface area contributed by atoms with Gasteiger partial charge in [-0.2, -0.15) is 0 Å². The van der Waals surface area contributed by atoms with Gasteiger partial charge in [0.1, 0.15) is 0 Å². The number of guanidine groups is 1. The SMILES string of the molecule is CCn1cccc(CN=C(N)Nc2ccc3c(c2)OCCCO3)c1=O.I. The number of pyridine rings is 1. The van der Waals surface area contributed by atoms with Crippen LogP contribution in [0.1, 0.15) is 18.9 Å². The molecule has 1 aromatic heterocycles. The number of nitrogens with zero attached hydrogens (tertiary/aromatic N) is 2. The van der Waals surface area contributed by atoms with Gasteiger partial charge in [-0.05, 0) is 25.1 Å². The van der Waals surface area contributed by atoms with E-state index in [0.717, 1.165) is 17.9 Å². The Bertz CT molecular complexity index is 835. The largest absolute Gasteiger partial charge is 0.490 e. The smallest absolute Gasteiger partial charge is 0.255 e. The summed E-state index contributed by atoms with van der Waals surface area (Å²) in [6.07, 6.45) is 2.61. The van der Waals surface area contributed by atoms with E-state index >= 15 is 0 Å². The van der Waals surface area contributed by atoms with E-state index in [1.165, 1.54) is 0 Å². The minimum absolute atomic E-state index is 0. The van der Waals surface area contributed by atoms with Crippen LogP contribution in [0.4, 0.5) is 5.69 Å². The van der Waals surface area contributed by atoms with Crippen LogP contribution in [0.2, 0.25) is 0 Å². The predicted molar refractivity (Wildman–Crippen MR) is 113 cm³/mol. The first-order chi connectivity index (χ1) is 12.2. The summed E-state index contributed by atoms with van der Waals surface area (Å²) in [7, 11) is 0. The fourth-order valence-corrected chi connectivity index (χ4v) is 2.55. The molecule has 1 aliphatic rings. The molecule has 26 heavy (non-hydrogen) atoms. The highest BCUT2D eigenvalue weighted by Gasteiger charge is 2.11. The van der Waals surface area contributed by atoms with Gasteiger partial charge in [-0.25, -0.2) is 4.99 Å². The first-order valence-electron chi connectivity index (χ1n) is 8.32. The zero-order chi connectivity index (χ0) is 17.6. The van der Waals surface area contributed by atoms with Gasteiger partial charge in [-0.1, -0.05) is 6.07 Å². The molecule has 0 spiro atoms. The van der Waals surface area contributed by atoms with Crippen LogP contribution in [-0.4, -0.2) is 23.7 Å². The van der Waals surface area contributed by atoms with Crippen molar-refractivity contribution in [3.63, 3.8) is 0 Å². The van der Waals surface area contributed by atoms with Crippen molar-refractivity contribution in [2.75, 3.05) is 18.5 Å². The molecule has 1 aromatic carbocycles. The van der Waals surface area contributed by atoms with E-state index < -0.39 is 0 Å². The maximum atomic E-state index is 12.2. The lowest BCUT2D eigenvalue weighted by atomic mass is 10.2. The average Bonchev–Trinajstić information content (AvgIpc) is 2.86. The molecule has 0 amide bonds. The minimum Gasteiger partial charge on any atom is -0.490 e. The topological polar surface area (TPSA) is 90.9 Å². The van der Waals surface area contributed by atoms with Crippen molar-refractivity contribution < 1.29 is 9.47 Å². The van der Waals surface area contributed by atoms with Crippen molar-refractivity contribution in [2.24, 2.45) is 10.7 Å². The van der Waals surface area contributed by atoms with Crippen LogP contribution in [0.5, 0.6) is 11.5 Å². The van der Waals surface area contributed by atoms with Gasteiger partial charge in [-0.3, -0.25) is 4.79 Å². The number of aryl methyl sites for hydroxylation is 1. The zero-order valence-corrected chi connectivity index (χ0v) is 16.9. The molecule has 0 atom stereocenters. The van der Waals surface area contributed by atoms with Crippen LogP contribution in [0.15, 0.2) is 46.3 Å². The first kappa shape index (κ1) is 20.1. The number of nitrogens with one attached hydrogen (secondary N) is 1. The molecule has 0 saturated heterocycles. The lowest BCUT2D eigenvalue weighted by molar-refractivity contribution is 0.297. The number of ether oxygens (including phenoxy) is 2. The molecule has 7 nitrogen and oxygen atoms in total. The Morgan fingerprint density at radius 1 is 1.27 bits per heavy atom. The van der Waals surface area contributed by atoms with E-state index in [4.69, 9.17) is 15.2 Å². The summed E-state index contributed by atoms with van der Waals surface area (Å²) >= 11 is 0. The van der Waals surface area contributed by atoms with Crippen molar-refractivity contribution in [3.05, 3.63) is 52.4 Å². The zero-order valence-electron chi connectivity index (χ0n) is 14.6. The molecule has 0 bridgehead atoms. The second kappa shape index (κ2) is 9.46. The van der Waals surface area contributed by atoms with Crippen molar-refractivity contribution in [1.29, 1.82) is 0 Å². The molecule has 2 aromatic rings. The quantitative estimate of drug-likeness (QED) is 0.407. The molecule has 0 aliphatic carbocycles. The summed E-state index contributed by atoms with van der Waals surface area (Å²) in [5.41, 5.74) is 7.25. The third kappa shape index (κ3) is 4.90. The van der Waals surface area contributed by atoms with E-state index in [2.05, 4.69) is 10.3 Å². The Labute approximate surface area is 169 Å². The van der Waals surface area contributed by atoms with Crippen molar-refractivity contribution in [2.45, 2.75) is 26.4 Å². The molecule has 8 heteroatoms. The molecule has 0 unspecified atom stereocenters. The monoisotopic (exact) mass is 470 g/mol. The summed E-state index contributed by atoms with van der Waals surface area (Å²) < 4.78 is 12.9. The average molecular weight is 470 g/mol. The van der Waals surface area contributed by atoms with Crippen LogP contribution >= 0.6 is 24.0 Å². The molecule has 3 rings (SSSR count). The molecule has 140 valence electrons. The number of anilines is 1. The fraction of sp³-hybridized carbons (Fsp3) is 0.333. The molecular weight excluding hydrogens is 447 g/mol. The van der Waals surface area contributed by atoms with Gasteiger partial charge < -0.3 is 25.1 Å². The molecule has 0 fully saturated rings. The van der Waals surface area contributed by atoms with Crippen LogP contribution in [0, 0.1) is 0 Å². The first-order valence-corrected chi connectivity index (χ1v) is 8.32. The third-order valence-corrected chi connectivity index (χ3v) is 3.88.